The molecule has 2 nitrogen and oxygen atoms in total. The van der Waals surface area contributed by atoms with E-state index in [2.05, 4.69) is 36.8 Å². The molecule has 1 heterocycles. The van der Waals surface area contributed by atoms with E-state index in [1.54, 1.807) is 0 Å². The minimum atomic E-state index is -0.0850. The number of fused-ring (bicyclic) bond motifs is 1. The van der Waals surface area contributed by atoms with Crippen LogP contribution in [-0.2, 0) is 5.33 Å². The Balaban J connectivity index is 2.96. The van der Waals surface area contributed by atoms with Crippen molar-refractivity contribution in [1.29, 1.82) is 0 Å². The summed E-state index contributed by atoms with van der Waals surface area (Å²) in [7, 11) is 0. The zero-order chi connectivity index (χ0) is 10.1. The summed E-state index contributed by atoms with van der Waals surface area (Å²) < 4.78 is 0.605. The average Bonchev–Trinajstić information content (AvgIpc) is 2.20. The molecule has 1 aromatic carbocycles. The molecule has 0 fully saturated rings. The van der Waals surface area contributed by atoms with Crippen LogP contribution in [0.3, 0.4) is 0 Å². The Kier molecular flexibility index (Phi) is 2.74. The fraction of sp³-hybridized carbons (Fsp3) is 0.100. The SMILES string of the molecule is O=c1[nH]c2ccccc2c(CBr)c1Br. The molecule has 0 saturated heterocycles. The third-order valence-electron chi connectivity index (χ3n) is 2.10. The van der Waals surface area contributed by atoms with Crippen LogP contribution < -0.4 is 5.56 Å². The highest BCUT2D eigenvalue weighted by atomic mass is 79.9. The Labute approximate surface area is 97.6 Å². The van der Waals surface area contributed by atoms with E-state index < -0.39 is 0 Å². The minimum Gasteiger partial charge on any atom is -0.321 e. The van der Waals surface area contributed by atoms with Crippen molar-refractivity contribution in [2.75, 3.05) is 0 Å². The first-order chi connectivity index (χ1) is 6.74. The lowest BCUT2D eigenvalue weighted by atomic mass is 10.1. The summed E-state index contributed by atoms with van der Waals surface area (Å²) in [6, 6.07) is 7.76. The Hall–Kier alpha value is -0.610. The number of aromatic amines is 1. The first-order valence-electron chi connectivity index (χ1n) is 4.09. The number of hydrogen-bond donors (Lipinski definition) is 1. The van der Waals surface area contributed by atoms with Crippen LogP contribution in [0.5, 0.6) is 0 Å². The maximum atomic E-state index is 11.5. The van der Waals surface area contributed by atoms with Gasteiger partial charge in [0.15, 0.2) is 0 Å². The second kappa shape index (κ2) is 3.87. The predicted octanol–water partition coefficient (Wildman–Crippen LogP) is 3.19. The molecule has 0 atom stereocenters. The van der Waals surface area contributed by atoms with Crippen molar-refractivity contribution in [1.82, 2.24) is 4.98 Å². The number of para-hydroxylation sites is 1. The van der Waals surface area contributed by atoms with Gasteiger partial charge in [-0.3, -0.25) is 4.79 Å². The highest BCUT2D eigenvalue weighted by Crippen LogP contribution is 2.23. The summed E-state index contributed by atoms with van der Waals surface area (Å²) in [6.07, 6.45) is 0. The van der Waals surface area contributed by atoms with Crippen LogP contribution in [0.2, 0.25) is 0 Å². The van der Waals surface area contributed by atoms with Gasteiger partial charge in [-0.15, -0.1) is 0 Å². The summed E-state index contributed by atoms with van der Waals surface area (Å²) in [5, 5.41) is 1.73. The molecule has 0 spiro atoms. The lowest BCUT2D eigenvalue weighted by molar-refractivity contribution is 1.24. The molecular formula is C10H7Br2NO. The van der Waals surface area contributed by atoms with E-state index in [4.69, 9.17) is 0 Å². The lowest BCUT2D eigenvalue weighted by Crippen LogP contribution is -2.09. The van der Waals surface area contributed by atoms with Crippen molar-refractivity contribution < 1.29 is 0 Å². The summed E-state index contributed by atoms with van der Waals surface area (Å²) in [5.41, 5.74) is 1.78. The molecule has 0 bridgehead atoms. The number of halogens is 2. The van der Waals surface area contributed by atoms with Crippen LogP contribution in [0.1, 0.15) is 5.56 Å². The van der Waals surface area contributed by atoms with Gasteiger partial charge in [0.1, 0.15) is 0 Å². The summed E-state index contributed by atoms with van der Waals surface area (Å²) in [4.78, 5) is 14.3. The molecule has 0 aliphatic heterocycles. The molecule has 4 heteroatoms. The quantitative estimate of drug-likeness (QED) is 0.805. The van der Waals surface area contributed by atoms with Crippen LogP contribution in [0.25, 0.3) is 10.9 Å². The van der Waals surface area contributed by atoms with Crippen molar-refractivity contribution in [3.8, 4) is 0 Å². The van der Waals surface area contributed by atoms with Gasteiger partial charge in [0, 0.05) is 16.2 Å². The van der Waals surface area contributed by atoms with Crippen molar-refractivity contribution in [3.05, 3.63) is 44.7 Å². The standard InChI is InChI=1S/C10H7Br2NO/c11-5-7-6-3-1-2-4-8(6)13-10(14)9(7)12/h1-4H,5H2,(H,13,14). The maximum absolute atomic E-state index is 11.5. The number of hydrogen-bond acceptors (Lipinski definition) is 1. The molecule has 0 aliphatic rings. The fourth-order valence-electron chi connectivity index (χ4n) is 1.42. The molecule has 2 rings (SSSR count). The normalized spacial score (nSPS) is 10.7. The van der Waals surface area contributed by atoms with E-state index in [0.29, 0.717) is 9.80 Å². The summed E-state index contributed by atoms with van der Waals surface area (Å²) in [5.74, 6) is 0. The van der Waals surface area contributed by atoms with Crippen molar-refractivity contribution >= 4 is 42.8 Å². The Bertz CT molecular complexity index is 533. The minimum absolute atomic E-state index is 0.0850. The van der Waals surface area contributed by atoms with E-state index >= 15 is 0 Å². The third kappa shape index (κ3) is 1.53. The van der Waals surface area contributed by atoms with Gasteiger partial charge in [0.05, 0.1) is 4.47 Å². The van der Waals surface area contributed by atoms with Gasteiger partial charge in [0.2, 0.25) is 0 Å². The first kappa shape index (κ1) is 9.93. The van der Waals surface area contributed by atoms with Crippen molar-refractivity contribution in [2.24, 2.45) is 0 Å². The van der Waals surface area contributed by atoms with Gasteiger partial charge in [-0.25, -0.2) is 0 Å². The van der Waals surface area contributed by atoms with Crippen LogP contribution in [0.15, 0.2) is 33.5 Å². The van der Waals surface area contributed by atoms with Gasteiger partial charge in [-0.1, -0.05) is 34.1 Å². The number of benzene rings is 1. The molecule has 14 heavy (non-hydrogen) atoms. The van der Waals surface area contributed by atoms with Gasteiger partial charge in [0.25, 0.3) is 5.56 Å². The summed E-state index contributed by atoms with van der Waals surface area (Å²) >= 11 is 6.67. The molecular weight excluding hydrogens is 310 g/mol. The highest BCUT2D eigenvalue weighted by Gasteiger charge is 2.07. The fourth-order valence-corrected chi connectivity index (χ4v) is 2.83. The summed E-state index contributed by atoms with van der Waals surface area (Å²) in [6.45, 7) is 0. The average molecular weight is 317 g/mol. The van der Waals surface area contributed by atoms with Crippen molar-refractivity contribution in [2.45, 2.75) is 5.33 Å². The smallest absolute Gasteiger partial charge is 0.263 e. The van der Waals surface area contributed by atoms with E-state index in [1.165, 1.54) is 0 Å². The largest absolute Gasteiger partial charge is 0.321 e. The van der Waals surface area contributed by atoms with Gasteiger partial charge in [-0.2, -0.15) is 0 Å². The molecule has 0 saturated carbocycles. The van der Waals surface area contributed by atoms with Crippen LogP contribution in [-0.4, -0.2) is 4.98 Å². The maximum Gasteiger partial charge on any atom is 0.263 e. The molecule has 1 N–H and O–H groups in total. The van der Waals surface area contributed by atoms with Gasteiger partial charge in [-0.05, 0) is 27.6 Å². The second-order valence-electron chi connectivity index (χ2n) is 2.93. The monoisotopic (exact) mass is 315 g/mol. The number of pyridine rings is 1. The highest BCUT2D eigenvalue weighted by molar-refractivity contribution is 9.10. The molecule has 1 aromatic heterocycles. The Morgan fingerprint density at radius 3 is 2.71 bits per heavy atom. The Morgan fingerprint density at radius 2 is 2.00 bits per heavy atom. The molecule has 0 unspecified atom stereocenters. The van der Waals surface area contributed by atoms with Gasteiger partial charge < -0.3 is 4.98 Å². The number of nitrogens with one attached hydrogen (secondary N) is 1. The van der Waals surface area contributed by atoms with Gasteiger partial charge >= 0.3 is 0 Å². The molecule has 72 valence electrons. The lowest BCUT2D eigenvalue weighted by Gasteiger charge is -2.04. The zero-order valence-corrected chi connectivity index (χ0v) is 10.4. The predicted molar refractivity (Wildman–Crippen MR) is 64.9 cm³/mol. The first-order valence-corrected chi connectivity index (χ1v) is 6.01. The number of aromatic nitrogens is 1. The van der Waals surface area contributed by atoms with Crippen LogP contribution in [0, 0.1) is 0 Å². The molecule has 0 amide bonds. The Morgan fingerprint density at radius 1 is 1.29 bits per heavy atom. The molecule has 0 radical (unpaired) electrons. The van der Waals surface area contributed by atoms with E-state index in [9.17, 15) is 4.79 Å². The molecule has 2 aromatic rings. The van der Waals surface area contributed by atoms with Crippen LogP contribution in [0.4, 0.5) is 0 Å². The zero-order valence-electron chi connectivity index (χ0n) is 7.18. The van der Waals surface area contributed by atoms with E-state index in [-0.39, 0.29) is 5.56 Å². The molecule has 0 aliphatic carbocycles. The number of H-pyrrole nitrogens is 1. The number of rotatable bonds is 1. The topological polar surface area (TPSA) is 32.9 Å². The van der Waals surface area contributed by atoms with E-state index in [1.807, 2.05) is 24.3 Å². The second-order valence-corrected chi connectivity index (χ2v) is 4.28. The third-order valence-corrected chi connectivity index (χ3v) is 3.50. The number of alkyl halides is 1. The van der Waals surface area contributed by atoms with Crippen LogP contribution >= 0.6 is 31.9 Å². The van der Waals surface area contributed by atoms with Crippen molar-refractivity contribution in [3.63, 3.8) is 0 Å². The van der Waals surface area contributed by atoms with E-state index in [0.717, 1.165) is 16.5 Å².